The van der Waals surface area contributed by atoms with Crippen molar-refractivity contribution < 1.29 is 0 Å². The third-order valence-corrected chi connectivity index (χ3v) is 3.46. The summed E-state index contributed by atoms with van der Waals surface area (Å²) in [6.45, 7) is 4.19. The first kappa shape index (κ1) is 13.5. The maximum atomic E-state index is 4.71. The smallest absolute Gasteiger partial charge is 0.133 e. The molecule has 0 fully saturated rings. The normalized spacial score (nSPS) is 11.0. The number of nitrogens with zero attached hydrogens (tertiary/aromatic N) is 3. The first-order valence-electron chi connectivity index (χ1n) is 7.09. The molecule has 0 spiro atoms. The van der Waals surface area contributed by atoms with Gasteiger partial charge >= 0.3 is 0 Å². The predicted octanol–water partition coefficient (Wildman–Crippen LogP) is 3.86. The minimum atomic E-state index is 0.278. The van der Waals surface area contributed by atoms with Crippen LogP contribution in [0.3, 0.4) is 0 Å². The number of rotatable bonds is 3. The SMILES string of the molecule is CNc1cc(-c2cncc3ccccc23)nc(C(C)C)n1. The Morgan fingerprint density at radius 1 is 1.05 bits per heavy atom. The number of hydrogen-bond acceptors (Lipinski definition) is 4. The summed E-state index contributed by atoms with van der Waals surface area (Å²) in [5, 5.41) is 5.38. The summed E-state index contributed by atoms with van der Waals surface area (Å²) in [5.41, 5.74) is 1.94. The zero-order valence-corrected chi connectivity index (χ0v) is 12.5. The average Bonchev–Trinajstić information content (AvgIpc) is 2.53. The predicted molar refractivity (Wildman–Crippen MR) is 86.4 cm³/mol. The molecule has 0 bridgehead atoms. The van der Waals surface area contributed by atoms with Gasteiger partial charge in [-0.2, -0.15) is 0 Å². The van der Waals surface area contributed by atoms with Gasteiger partial charge in [-0.25, -0.2) is 9.97 Å². The Balaban J connectivity index is 2.25. The van der Waals surface area contributed by atoms with E-state index < -0.39 is 0 Å². The molecule has 0 saturated carbocycles. The molecule has 3 rings (SSSR count). The van der Waals surface area contributed by atoms with E-state index in [-0.39, 0.29) is 5.92 Å². The van der Waals surface area contributed by atoms with Gasteiger partial charge in [0.05, 0.1) is 5.69 Å². The lowest BCUT2D eigenvalue weighted by Crippen LogP contribution is -2.03. The van der Waals surface area contributed by atoms with Crippen LogP contribution < -0.4 is 5.32 Å². The Kier molecular flexibility index (Phi) is 3.52. The monoisotopic (exact) mass is 278 g/mol. The topological polar surface area (TPSA) is 50.7 Å². The van der Waals surface area contributed by atoms with Crippen LogP contribution in [0.1, 0.15) is 25.6 Å². The number of nitrogens with one attached hydrogen (secondary N) is 1. The van der Waals surface area contributed by atoms with Crippen molar-refractivity contribution in [3.63, 3.8) is 0 Å². The number of fused-ring (bicyclic) bond motifs is 1. The van der Waals surface area contributed by atoms with E-state index in [4.69, 9.17) is 4.98 Å². The van der Waals surface area contributed by atoms with Gasteiger partial charge in [-0.15, -0.1) is 0 Å². The van der Waals surface area contributed by atoms with Crippen molar-refractivity contribution in [3.05, 3.63) is 48.5 Å². The quantitative estimate of drug-likeness (QED) is 0.790. The van der Waals surface area contributed by atoms with Crippen LogP contribution in [-0.4, -0.2) is 22.0 Å². The van der Waals surface area contributed by atoms with Crippen molar-refractivity contribution in [1.29, 1.82) is 0 Å². The molecular formula is C17H18N4. The van der Waals surface area contributed by atoms with E-state index in [1.807, 2.05) is 37.6 Å². The molecule has 0 atom stereocenters. The molecule has 4 heteroatoms. The summed E-state index contributed by atoms with van der Waals surface area (Å²) < 4.78 is 0. The number of aromatic nitrogens is 3. The summed E-state index contributed by atoms with van der Waals surface area (Å²) in [6, 6.07) is 10.2. The van der Waals surface area contributed by atoms with Gasteiger partial charge in [-0.05, 0) is 5.39 Å². The fourth-order valence-corrected chi connectivity index (χ4v) is 2.31. The van der Waals surface area contributed by atoms with Gasteiger partial charge in [-0.3, -0.25) is 4.98 Å². The largest absolute Gasteiger partial charge is 0.373 e. The number of hydrogen-bond donors (Lipinski definition) is 1. The number of pyridine rings is 1. The molecule has 0 aliphatic heterocycles. The summed E-state index contributed by atoms with van der Waals surface area (Å²) in [7, 11) is 1.87. The lowest BCUT2D eigenvalue weighted by Gasteiger charge is -2.11. The second kappa shape index (κ2) is 5.48. The van der Waals surface area contributed by atoms with Crippen molar-refractivity contribution in [2.45, 2.75) is 19.8 Å². The first-order valence-corrected chi connectivity index (χ1v) is 7.09. The second-order valence-corrected chi connectivity index (χ2v) is 5.31. The maximum absolute atomic E-state index is 4.71. The summed E-state index contributed by atoms with van der Waals surface area (Å²) >= 11 is 0. The van der Waals surface area contributed by atoms with E-state index in [0.29, 0.717) is 0 Å². The van der Waals surface area contributed by atoms with Gasteiger partial charge in [-0.1, -0.05) is 38.1 Å². The first-order chi connectivity index (χ1) is 10.2. The Bertz CT molecular complexity index is 775. The summed E-state index contributed by atoms with van der Waals surface area (Å²) in [4.78, 5) is 13.6. The second-order valence-electron chi connectivity index (χ2n) is 5.31. The Labute approximate surface area is 124 Å². The zero-order valence-electron chi connectivity index (χ0n) is 12.5. The van der Waals surface area contributed by atoms with Gasteiger partial charge in [0.2, 0.25) is 0 Å². The van der Waals surface area contributed by atoms with Crippen LogP contribution in [0.4, 0.5) is 5.82 Å². The van der Waals surface area contributed by atoms with Gasteiger partial charge < -0.3 is 5.32 Å². The van der Waals surface area contributed by atoms with Gasteiger partial charge in [0.1, 0.15) is 11.6 Å². The van der Waals surface area contributed by atoms with Crippen LogP contribution >= 0.6 is 0 Å². The highest BCUT2D eigenvalue weighted by atomic mass is 15.0. The van der Waals surface area contributed by atoms with Gasteiger partial charge in [0.25, 0.3) is 0 Å². The molecule has 21 heavy (non-hydrogen) atoms. The van der Waals surface area contributed by atoms with Crippen molar-refractivity contribution >= 4 is 16.6 Å². The fraction of sp³-hybridized carbons (Fsp3) is 0.235. The van der Waals surface area contributed by atoms with E-state index in [1.54, 1.807) is 0 Å². The van der Waals surface area contributed by atoms with Gasteiger partial charge in [0, 0.05) is 42.4 Å². The van der Waals surface area contributed by atoms with E-state index in [9.17, 15) is 0 Å². The van der Waals surface area contributed by atoms with Crippen molar-refractivity contribution in [2.75, 3.05) is 12.4 Å². The molecule has 0 aliphatic carbocycles. The van der Waals surface area contributed by atoms with Gasteiger partial charge in [0.15, 0.2) is 0 Å². The van der Waals surface area contributed by atoms with Crippen molar-refractivity contribution in [3.8, 4) is 11.3 Å². The van der Waals surface area contributed by atoms with E-state index >= 15 is 0 Å². The molecule has 0 aliphatic rings. The lowest BCUT2D eigenvalue weighted by molar-refractivity contribution is 0.778. The van der Waals surface area contributed by atoms with E-state index in [2.05, 4.69) is 41.3 Å². The Hall–Kier alpha value is -2.49. The van der Waals surface area contributed by atoms with E-state index in [1.165, 1.54) is 0 Å². The Morgan fingerprint density at radius 3 is 2.62 bits per heavy atom. The third-order valence-electron chi connectivity index (χ3n) is 3.46. The molecule has 2 aromatic heterocycles. The number of benzene rings is 1. The van der Waals surface area contributed by atoms with Crippen LogP contribution in [0.25, 0.3) is 22.0 Å². The average molecular weight is 278 g/mol. The van der Waals surface area contributed by atoms with Crippen LogP contribution in [0, 0.1) is 0 Å². The Morgan fingerprint density at radius 2 is 1.86 bits per heavy atom. The highest BCUT2D eigenvalue weighted by Crippen LogP contribution is 2.28. The minimum absolute atomic E-state index is 0.278. The molecule has 4 nitrogen and oxygen atoms in total. The third kappa shape index (κ3) is 2.57. The molecule has 3 aromatic rings. The molecule has 0 amide bonds. The molecular weight excluding hydrogens is 260 g/mol. The maximum Gasteiger partial charge on any atom is 0.133 e. The van der Waals surface area contributed by atoms with Crippen LogP contribution in [0.5, 0.6) is 0 Å². The zero-order chi connectivity index (χ0) is 14.8. The highest BCUT2D eigenvalue weighted by molar-refractivity contribution is 5.95. The molecule has 0 unspecified atom stereocenters. The molecule has 0 saturated heterocycles. The number of anilines is 1. The molecule has 1 N–H and O–H groups in total. The molecule has 1 aromatic carbocycles. The van der Waals surface area contributed by atoms with Crippen molar-refractivity contribution in [1.82, 2.24) is 15.0 Å². The minimum Gasteiger partial charge on any atom is -0.373 e. The van der Waals surface area contributed by atoms with Crippen LogP contribution in [-0.2, 0) is 0 Å². The molecule has 2 heterocycles. The van der Waals surface area contributed by atoms with Crippen molar-refractivity contribution in [2.24, 2.45) is 0 Å². The van der Waals surface area contributed by atoms with E-state index in [0.717, 1.165) is 33.7 Å². The van der Waals surface area contributed by atoms with Crippen LogP contribution in [0.15, 0.2) is 42.7 Å². The summed E-state index contributed by atoms with van der Waals surface area (Å²) in [6.07, 6.45) is 3.75. The molecule has 0 radical (unpaired) electrons. The fourth-order valence-electron chi connectivity index (χ4n) is 2.31. The molecule has 106 valence electrons. The lowest BCUT2D eigenvalue weighted by atomic mass is 10.0. The standard InChI is InChI=1S/C17H18N4/c1-11(2)17-20-15(8-16(18-3)21-17)14-10-19-9-12-6-4-5-7-13(12)14/h4-11H,1-3H3,(H,18,20,21). The summed E-state index contributed by atoms with van der Waals surface area (Å²) in [5.74, 6) is 1.95. The highest BCUT2D eigenvalue weighted by Gasteiger charge is 2.11. The van der Waals surface area contributed by atoms with Crippen LogP contribution in [0.2, 0.25) is 0 Å².